The average Bonchev–Trinajstić information content (AvgIpc) is 3.36. The van der Waals surface area contributed by atoms with Gasteiger partial charge in [0, 0.05) is 11.1 Å². The highest BCUT2D eigenvalue weighted by Crippen LogP contribution is 2.44. The number of ketones is 2. The fourth-order valence-electron chi connectivity index (χ4n) is 5.03. The second kappa shape index (κ2) is 10.3. The van der Waals surface area contributed by atoms with Crippen molar-refractivity contribution in [1.29, 1.82) is 0 Å². The lowest BCUT2D eigenvalue weighted by Gasteiger charge is -2.26. The Morgan fingerprint density at radius 3 is 1.84 bits per heavy atom. The Hall–Kier alpha value is -4.80. The van der Waals surface area contributed by atoms with E-state index in [2.05, 4.69) is 12.1 Å². The smallest absolute Gasteiger partial charge is 0.230 e. The maximum Gasteiger partial charge on any atom is 0.230 e. The molecule has 0 aromatic heterocycles. The highest BCUT2D eigenvalue weighted by Gasteiger charge is 2.43. The van der Waals surface area contributed by atoms with Gasteiger partial charge in [-0.1, -0.05) is 133 Å². The molecule has 38 heavy (non-hydrogen) atoms. The lowest BCUT2D eigenvalue weighted by molar-refractivity contribution is -0.123. The van der Waals surface area contributed by atoms with E-state index in [1.165, 1.54) is 0 Å². The quantitative estimate of drug-likeness (QED) is 0.222. The fourth-order valence-corrected chi connectivity index (χ4v) is 5.03. The van der Waals surface area contributed by atoms with Gasteiger partial charge in [0.2, 0.25) is 11.5 Å². The van der Waals surface area contributed by atoms with Crippen LogP contribution in [0.5, 0.6) is 0 Å². The van der Waals surface area contributed by atoms with Crippen LogP contribution in [0.15, 0.2) is 145 Å². The third kappa shape index (κ3) is 4.42. The molecule has 1 atom stereocenters. The van der Waals surface area contributed by atoms with Crippen LogP contribution < -0.4 is 0 Å². The van der Waals surface area contributed by atoms with E-state index in [0.717, 1.165) is 21.9 Å². The molecule has 1 aliphatic rings. The van der Waals surface area contributed by atoms with Crippen LogP contribution >= 0.6 is 0 Å². The lowest BCUT2D eigenvalue weighted by Crippen LogP contribution is -2.26. The van der Waals surface area contributed by atoms with E-state index in [9.17, 15) is 9.59 Å². The zero-order valence-corrected chi connectivity index (χ0v) is 20.7. The summed E-state index contributed by atoms with van der Waals surface area (Å²) in [6, 6.07) is 41.5. The molecule has 5 aromatic carbocycles. The molecule has 0 N–H and O–H groups in total. The molecular formula is C34H25NO3. The number of carbonyl (C=O) groups is 2. The normalized spacial score (nSPS) is 15.4. The second-order valence-electron chi connectivity index (χ2n) is 9.26. The third-order valence-corrected chi connectivity index (χ3v) is 6.84. The number of benzene rings is 5. The zero-order chi connectivity index (χ0) is 25.9. The van der Waals surface area contributed by atoms with Crippen LogP contribution in [0, 0.1) is 0 Å². The molecule has 5 aromatic rings. The number of Topliss-reactive ketones (excluding diaryl/α,β-unsaturated/α-hetero) is 2. The summed E-state index contributed by atoms with van der Waals surface area (Å²) in [4.78, 5) is 34.5. The number of rotatable bonds is 7. The predicted molar refractivity (Wildman–Crippen MR) is 148 cm³/mol. The van der Waals surface area contributed by atoms with Crippen LogP contribution in [0.2, 0.25) is 0 Å². The van der Waals surface area contributed by atoms with Crippen LogP contribution in [-0.4, -0.2) is 16.6 Å². The lowest BCUT2D eigenvalue weighted by atomic mass is 9.87. The van der Waals surface area contributed by atoms with Gasteiger partial charge in [0.25, 0.3) is 0 Å². The van der Waals surface area contributed by atoms with Gasteiger partial charge in [-0.25, -0.2) is 0 Å². The number of hydrogen-bond donors (Lipinski definition) is 0. The van der Waals surface area contributed by atoms with Crippen molar-refractivity contribution in [3.63, 3.8) is 0 Å². The summed E-state index contributed by atoms with van der Waals surface area (Å²) in [6.45, 7) is 0.395. The molecule has 0 aliphatic carbocycles. The summed E-state index contributed by atoms with van der Waals surface area (Å²) in [7, 11) is 0. The van der Waals surface area contributed by atoms with Gasteiger partial charge in [-0.15, -0.1) is 5.06 Å². The Labute approximate surface area is 221 Å². The number of hydroxylamine groups is 2. The Kier molecular flexibility index (Phi) is 6.39. The van der Waals surface area contributed by atoms with Gasteiger partial charge < -0.3 is 4.84 Å². The van der Waals surface area contributed by atoms with E-state index in [-0.39, 0.29) is 17.3 Å². The number of hydrogen-bond acceptors (Lipinski definition) is 4. The molecule has 0 radical (unpaired) electrons. The third-order valence-electron chi connectivity index (χ3n) is 6.84. The van der Waals surface area contributed by atoms with E-state index < -0.39 is 6.04 Å². The summed E-state index contributed by atoms with van der Waals surface area (Å²) in [5.41, 5.74) is 3.25. The van der Waals surface area contributed by atoms with Crippen molar-refractivity contribution in [2.75, 3.05) is 0 Å². The van der Waals surface area contributed by atoms with Gasteiger partial charge in [-0.3, -0.25) is 9.59 Å². The molecule has 4 nitrogen and oxygen atoms in total. The molecule has 0 fully saturated rings. The van der Waals surface area contributed by atoms with Crippen molar-refractivity contribution >= 4 is 22.3 Å². The van der Waals surface area contributed by atoms with Gasteiger partial charge in [-0.05, 0) is 21.9 Å². The topological polar surface area (TPSA) is 46.6 Å². The number of allylic oxidation sites excluding steroid dienone is 1. The minimum absolute atomic E-state index is 0.0684. The van der Waals surface area contributed by atoms with Gasteiger partial charge in [0.15, 0.2) is 5.78 Å². The SMILES string of the molecule is O=C(C1=C(C(=O)c2ccccc2)[C@@H](c2cccc3ccccc23)N(Cc2ccccc2)O1)c1ccccc1. The number of nitrogens with zero attached hydrogens (tertiary/aromatic N) is 1. The highest BCUT2D eigenvalue weighted by molar-refractivity contribution is 6.18. The Morgan fingerprint density at radius 1 is 0.605 bits per heavy atom. The van der Waals surface area contributed by atoms with Crippen molar-refractivity contribution < 1.29 is 14.4 Å². The minimum atomic E-state index is -0.586. The van der Waals surface area contributed by atoms with E-state index in [0.29, 0.717) is 23.2 Å². The van der Waals surface area contributed by atoms with Gasteiger partial charge >= 0.3 is 0 Å². The fraction of sp³-hybridized carbons (Fsp3) is 0.0588. The summed E-state index contributed by atoms with van der Waals surface area (Å²) < 4.78 is 0. The molecule has 0 saturated heterocycles. The first-order valence-electron chi connectivity index (χ1n) is 12.6. The molecule has 1 heterocycles. The van der Waals surface area contributed by atoms with E-state index in [1.54, 1.807) is 29.3 Å². The van der Waals surface area contributed by atoms with Crippen molar-refractivity contribution in [2.45, 2.75) is 12.6 Å². The Morgan fingerprint density at radius 2 is 1.16 bits per heavy atom. The van der Waals surface area contributed by atoms with Crippen LogP contribution in [0.25, 0.3) is 10.8 Å². The molecule has 6 rings (SSSR count). The van der Waals surface area contributed by atoms with Crippen molar-refractivity contribution in [3.8, 4) is 0 Å². The monoisotopic (exact) mass is 495 g/mol. The largest absolute Gasteiger partial charge is 0.400 e. The maximum absolute atomic E-state index is 14.2. The molecule has 0 bridgehead atoms. The second-order valence-corrected chi connectivity index (χ2v) is 9.26. The Balaban J connectivity index is 1.57. The number of carbonyl (C=O) groups excluding carboxylic acids is 2. The molecular weight excluding hydrogens is 470 g/mol. The first-order chi connectivity index (χ1) is 18.7. The summed E-state index contributed by atoms with van der Waals surface area (Å²) >= 11 is 0. The van der Waals surface area contributed by atoms with Crippen LogP contribution in [0.3, 0.4) is 0 Å². The minimum Gasteiger partial charge on any atom is -0.400 e. The van der Waals surface area contributed by atoms with Crippen LogP contribution in [0.4, 0.5) is 0 Å². The first-order valence-corrected chi connectivity index (χ1v) is 12.6. The summed E-state index contributed by atoms with van der Waals surface area (Å²) in [5, 5.41) is 3.83. The first kappa shape index (κ1) is 23.6. The van der Waals surface area contributed by atoms with Gasteiger partial charge in [0.1, 0.15) is 6.04 Å². The molecule has 0 spiro atoms. The van der Waals surface area contributed by atoms with Gasteiger partial charge in [-0.2, -0.15) is 0 Å². The maximum atomic E-state index is 14.2. The molecule has 0 amide bonds. The van der Waals surface area contributed by atoms with Crippen LogP contribution in [-0.2, 0) is 11.4 Å². The van der Waals surface area contributed by atoms with E-state index in [4.69, 9.17) is 4.84 Å². The van der Waals surface area contributed by atoms with Gasteiger partial charge in [0.05, 0.1) is 12.1 Å². The molecule has 1 aliphatic heterocycles. The van der Waals surface area contributed by atoms with Crippen molar-refractivity contribution in [3.05, 3.63) is 167 Å². The highest BCUT2D eigenvalue weighted by atomic mass is 16.7. The van der Waals surface area contributed by atoms with E-state index >= 15 is 0 Å². The summed E-state index contributed by atoms with van der Waals surface area (Å²) in [5.74, 6) is -0.469. The Bertz CT molecular complexity index is 1640. The molecule has 0 unspecified atom stereocenters. The predicted octanol–water partition coefficient (Wildman–Crippen LogP) is 7.35. The van der Waals surface area contributed by atoms with E-state index in [1.807, 2.05) is 97.1 Å². The molecule has 4 heteroatoms. The number of fused-ring (bicyclic) bond motifs is 1. The van der Waals surface area contributed by atoms with Crippen molar-refractivity contribution in [1.82, 2.24) is 5.06 Å². The average molecular weight is 496 g/mol. The zero-order valence-electron chi connectivity index (χ0n) is 20.7. The summed E-state index contributed by atoms with van der Waals surface area (Å²) in [6.07, 6.45) is 0. The molecule has 184 valence electrons. The standard InChI is InChI=1S/C34H25NO3/c36-32(26-16-6-2-7-17-26)30-31(29-22-12-20-25-15-10-11-21-28(25)29)35(23-24-13-4-1-5-14-24)38-34(30)33(37)27-18-8-3-9-19-27/h1-22,31H,23H2/t31-/m1/s1. The van der Waals surface area contributed by atoms with Crippen LogP contribution in [0.1, 0.15) is 37.9 Å². The molecule has 0 saturated carbocycles. The van der Waals surface area contributed by atoms with Crippen molar-refractivity contribution in [2.24, 2.45) is 0 Å².